The molecule has 1 fully saturated rings. The molecule has 8 nitrogen and oxygen atoms in total. The van der Waals surface area contributed by atoms with Crippen LogP contribution in [0.5, 0.6) is 5.88 Å². The number of aliphatic hydroxyl groups excluding tert-OH is 1. The highest BCUT2D eigenvalue weighted by Gasteiger charge is 2.25. The first-order valence-corrected chi connectivity index (χ1v) is 13.5. The maximum Gasteiger partial charge on any atom is 0.214 e. The smallest absolute Gasteiger partial charge is 0.214 e. The number of hydrogen-bond donors (Lipinski definition) is 2. The second-order valence-electron chi connectivity index (χ2n) is 10.3. The average Bonchev–Trinajstić information content (AvgIpc) is 3.30. The summed E-state index contributed by atoms with van der Waals surface area (Å²) in [6.07, 6.45) is 0.0265. The Balaban J connectivity index is 1.31. The Hall–Kier alpha value is -4.39. The topological polar surface area (TPSA) is 103 Å². The number of halogens is 4. The molecule has 1 aliphatic rings. The molecule has 2 N–H and O–H groups in total. The molecule has 6 rings (SSSR count). The van der Waals surface area contributed by atoms with Crippen molar-refractivity contribution in [3.63, 3.8) is 0 Å². The van der Waals surface area contributed by atoms with E-state index in [0.717, 1.165) is 41.9 Å². The van der Waals surface area contributed by atoms with Crippen LogP contribution >= 0.6 is 0 Å². The number of hydrogen-bond acceptors (Lipinski definition) is 7. The van der Waals surface area contributed by atoms with Gasteiger partial charge in [0.25, 0.3) is 0 Å². The lowest BCUT2D eigenvalue weighted by atomic mass is 10.0. The van der Waals surface area contributed by atoms with Crippen molar-refractivity contribution >= 4 is 11.0 Å². The molecule has 0 aliphatic carbocycles. The van der Waals surface area contributed by atoms with Gasteiger partial charge in [-0.15, -0.1) is 0 Å². The van der Waals surface area contributed by atoms with Crippen LogP contribution in [0.4, 0.5) is 17.6 Å². The van der Waals surface area contributed by atoms with E-state index >= 15 is 8.78 Å². The SMILES string of the molecule is Cc1ccc(COc2ccc(F)c(-c3cc(F)c(Cc4nc5c(F)cc(C(O)O)cc5n4C[C@@H]4CCO4)cc3F)n2)cn1. The quantitative estimate of drug-likeness (QED) is 0.176. The van der Waals surface area contributed by atoms with Crippen LogP contribution < -0.4 is 4.74 Å². The normalized spacial score (nSPS) is 14.8. The minimum Gasteiger partial charge on any atom is -0.473 e. The van der Waals surface area contributed by atoms with E-state index in [-0.39, 0.29) is 59.5 Å². The van der Waals surface area contributed by atoms with E-state index in [1.807, 2.05) is 19.1 Å². The van der Waals surface area contributed by atoms with Crippen molar-refractivity contribution in [2.45, 2.75) is 45.3 Å². The Morgan fingerprint density at radius 3 is 2.49 bits per heavy atom. The molecule has 0 unspecified atom stereocenters. The van der Waals surface area contributed by atoms with Crippen molar-refractivity contribution in [3.8, 4) is 17.1 Å². The van der Waals surface area contributed by atoms with E-state index in [0.29, 0.717) is 6.61 Å². The summed E-state index contributed by atoms with van der Waals surface area (Å²) in [7, 11) is 0. The average molecular weight is 595 g/mol. The van der Waals surface area contributed by atoms with E-state index in [9.17, 15) is 19.0 Å². The third-order valence-electron chi connectivity index (χ3n) is 7.31. The minimum atomic E-state index is -1.91. The summed E-state index contributed by atoms with van der Waals surface area (Å²) in [5, 5.41) is 19.2. The third kappa shape index (κ3) is 5.94. The number of ether oxygens (including phenoxy) is 2. The Labute approximate surface area is 243 Å². The van der Waals surface area contributed by atoms with Crippen molar-refractivity contribution < 1.29 is 37.2 Å². The van der Waals surface area contributed by atoms with Crippen molar-refractivity contribution in [2.75, 3.05) is 6.61 Å². The Morgan fingerprint density at radius 1 is 0.977 bits per heavy atom. The van der Waals surface area contributed by atoms with E-state index in [1.54, 1.807) is 10.8 Å². The van der Waals surface area contributed by atoms with Gasteiger partial charge in [-0.25, -0.2) is 27.5 Å². The van der Waals surface area contributed by atoms with Crippen LogP contribution in [0, 0.1) is 30.2 Å². The molecule has 43 heavy (non-hydrogen) atoms. The first kappa shape index (κ1) is 28.7. The summed E-state index contributed by atoms with van der Waals surface area (Å²) in [6.45, 7) is 2.74. The fourth-order valence-corrected chi connectivity index (χ4v) is 4.88. The molecule has 3 aromatic heterocycles. The molecule has 0 bridgehead atoms. The maximum atomic E-state index is 15.5. The molecule has 5 aromatic rings. The molecule has 4 heterocycles. The lowest BCUT2D eigenvalue weighted by Gasteiger charge is -2.27. The number of aliphatic hydroxyl groups is 2. The van der Waals surface area contributed by atoms with Crippen molar-refractivity contribution in [3.05, 3.63) is 106 Å². The Morgan fingerprint density at radius 2 is 1.79 bits per heavy atom. The first-order valence-electron chi connectivity index (χ1n) is 13.5. The standard InChI is InChI=1S/C31H26F4N4O4/c1-16-2-3-17(13-36-16)15-43-28-5-4-22(32)29(38-28)21-12-23(33)18(8-24(21)34)11-27-37-30-25(35)9-19(31(40)41)10-26(30)39(27)14-20-6-7-42-20/h2-5,8-10,12-13,20,31,40-41H,6-7,11,14-15H2,1H3/t20-/m0/s1. The third-order valence-corrected chi connectivity index (χ3v) is 7.31. The van der Waals surface area contributed by atoms with Crippen LogP contribution in [-0.2, 0) is 24.3 Å². The lowest BCUT2D eigenvalue weighted by Crippen LogP contribution is -2.31. The van der Waals surface area contributed by atoms with Gasteiger partial charge in [-0.2, -0.15) is 0 Å². The van der Waals surface area contributed by atoms with Crippen molar-refractivity contribution in [1.82, 2.24) is 19.5 Å². The molecule has 0 saturated carbocycles. The van der Waals surface area contributed by atoms with E-state index in [2.05, 4.69) is 15.0 Å². The highest BCUT2D eigenvalue weighted by Crippen LogP contribution is 2.31. The largest absolute Gasteiger partial charge is 0.473 e. The molecule has 2 aromatic carbocycles. The summed E-state index contributed by atoms with van der Waals surface area (Å²) in [5.74, 6) is -3.20. The highest BCUT2D eigenvalue weighted by molar-refractivity contribution is 5.78. The lowest BCUT2D eigenvalue weighted by molar-refractivity contribution is -0.0590. The zero-order chi connectivity index (χ0) is 30.2. The van der Waals surface area contributed by atoms with Gasteiger partial charge in [0.2, 0.25) is 5.88 Å². The number of pyridine rings is 2. The van der Waals surface area contributed by atoms with Gasteiger partial charge < -0.3 is 24.3 Å². The summed E-state index contributed by atoms with van der Waals surface area (Å²) in [5.41, 5.74) is 0.785. The predicted molar refractivity (Wildman–Crippen MR) is 147 cm³/mol. The van der Waals surface area contributed by atoms with Crippen LogP contribution in [-0.4, -0.2) is 42.4 Å². The second kappa shape index (κ2) is 11.7. The number of aryl methyl sites for hydroxylation is 1. The van der Waals surface area contributed by atoms with Gasteiger partial charge in [0, 0.05) is 47.7 Å². The molecule has 1 aliphatic heterocycles. The number of aromatic nitrogens is 4. The van der Waals surface area contributed by atoms with Gasteiger partial charge in [-0.3, -0.25) is 4.98 Å². The molecule has 0 radical (unpaired) electrons. The Bertz CT molecular complexity index is 1810. The van der Waals surface area contributed by atoms with Crippen LogP contribution in [0.25, 0.3) is 22.3 Å². The number of fused-ring (bicyclic) bond motifs is 1. The molecular formula is C31H26F4N4O4. The molecule has 222 valence electrons. The van der Waals surface area contributed by atoms with E-state index in [1.165, 1.54) is 12.1 Å². The zero-order valence-electron chi connectivity index (χ0n) is 22.9. The van der Waals surface area contributed by atoms with Crippen LogP contribution in [0.15, 0.2) is 54.7 Å². The van der Waals surface area contributed by atoms with Gasteiger partial charge in [-0.05, 0) is 55.3 Å². The summed E-state index contributed by atoms with van der Waals surface area (Å²) in [6, 6.07) is 10.1. The number of nitrogens with zero attached hydrogens (tertiary/aromatic N) is 4. The predicted octanol–water partition coefficient (Wildman–Crippen LogP) is 5.30. The number of rotatable bonds is 9. The van der Waals surface area contributed by atoms with Gasteiger partial charge in [0.1, 0.15) is 41.1 Å². The van der Waals surface area contributed by atoms with Gasteiger partial charge in [-0.1, -0.05) is 6.07 Å². The number of benzene rings is 2. The summed E-state index contributed by atoms with van der Waals surface area (Å²) < 4.78 is 73.3. The minimum absolute atomic E-state index is 0.0159. The first-order chi connectivity index (χ1) is 20.7. The van der Waals surface area contributed by atoms with Crippen LogP contribution in [0.3, 0.4) is 0 Å². The fourth-order valence-electron chi connectivity index (χ4n) is 4.88. The fraction of sp³-hybridized carbons (Fsp3) is 0.258. The number of imidazole rings is 1. The van der Waals surface area contributed by atoms with E-state index < -0.39 is 40.8 Å². The van der Waals surface area contributed by atoms with Gasteiger partial charge in [0.15, 0.2) is 12.1 Å². The van der Waals surface area contributed by atoms with Crippen molar-refractivity contribution in [1.29, 1.82) is 0 Å². The molecule has 1 atom stereocenters. The van der Waals surface area contributed by atoms with E-state index in [4.69, 9.17) is 9.47 Å². The van der Waals surface area contributed by atoms with Crippen molar-refractivity contribution in [2.24, 2.45) is 0 Å². The molecule has 12 heteroatoms. The second-order valence-corrected chi connectivity index (χ2v) is 10.3. The van der Waals surface area contributed by atoms with Gasteiger partial charge in [0.05, 0.1) is 18.2 Å². The Kier molecular flexibility index (Phi) is 7.82. The molecular weight excluding hydrogens is 568 g/mol. The van der Waals surface area contributed by atoms with Crippen LogP contribution in [0.2, 0.25) is 0 Å². The molecule has 0 spiro atoms. The molecule has 1 saturated heterocycles. The molecule has 0 amide bonds. The maximum absolute atomic E-state index is 15.5. The summed E-state index contributed by atoms with van der Waals surface area (Å²) in [4.78, 5) is 12.6. The van der Waals surface area contributed by atoms with Crippen LogP contribution in [0.1, 0.15) is 40.9 Å². The zero-order valence-corrected chi connectivity index (χ0v) is 22.9. The van der Waals surface area contributed by atoms with Gasteiger partial charge >= 0.3 is 0 Å². The summed E-state index contributed by atoms with van der Waals surface area (Å²) >= 11 is 0. The highest BCUT2D eigenvalue weighted by atomic mass is 19.1. The monoisotopic (exact) mass is 594 g/mol.